The lowest BCUT2D eigenvalue weighted by Gasteiger charge is -2.29. The number of hydrogen-bond acceptors (Lipinski definition) is 3. The van der Waals surface area contributed by atoms with E-state index in [1.54, 1.807) is 13.0 Å². The fourth-order valence-electron chi connectivity index (χ4n) is 3.54. The van der Waals surface area contributed by atoms with Crippen molar-refractivity contribution in [2.75, 3.05) is 6.61 Å². The van der Waals surface area contributed by atoms with E-state index in [4.69, 9.17) is 4.74 Å². The minimum atomic E-state index is -2.63. The van der Waals surface area contributed by atoms with Crippen LogP contribution in [0, 0.1) is 12.8 Å². The van der Waals surface area contributed by atoms with Crippen LogP contribution in [0.5, 0.6) is 0 Å². The van der Waals surface area contributed by atoms with Crippen LogP contribution in [0.25, 0.3) is 5.65 Å². The second-order valence-electron chi connectivity index (χ2n) is 7.72. The van der Waals surface area contributed by atoms with Gasteiger partial charge in [-0.25, -0.2) is 13.8 Å². The molecule has 1 N–H and O–H groups in total. The summed E-state index contributed by atoms with van der Waals surface area (Å²) in [4.78, 5) is 17.0. The molecule has 0 atom stereocenters. The maximum atomic E-state index is 13.2. The van der Waals surface area contributed by atoms with E-state index in [9.17, 15) is 13.6 Å². The summed E-state index contributed by atoms with van der Waals surface area (Å²) in [7, 11) is 0. The molecule has 1 aliphatic rings. The van der Waals surface area contributed by atoms with Gasteiger partial charge in [0.25, 0.3) is 12.3 Å². The van der Waals surface area contributed by atoms with Gasteiger partial charge in [0.1, 0.15) is 5.65 Å². The number of alkyl halides is 2. The third-order valence-corrected chi connectivity index (χ3v) is 4.92. The van der Waals surface area contributed by atoms with Gasteiger partial charge in [-0.1, -0.05) is 13.8 Å². The molecule has 1 fully saturated rings. The molecule has 0 radical (unpaired) electrons. The number of aromatic nitrogens is 2. The van der Waals surface area contributed by atoms with Gasteiger partial charge in [-0.2, -0.15) is 0 Å². The summed E-state index contributed by atoms with van der Waals surface area (Å²) in [5.74, 6) is 0.252. The van der Waals surface area contributed by atoms with Crippen LogP contribution in [0.1, 0.15) is 67.7 Å². The van der Waals surface area contributed by atoms with Gasteiger partial charge in [-0.05, 0) is 50.7 Å². The van der Waals surface area contributed by atoms with Gasteiger partial charge >= 0.3 is 0 Å². The number of amides is 1. The van der Waals surface area contributed by atoms with Crippen molar-refractivity contribution < 1.29 is 18.3 Å². The number of nitrogens with one attached hydrogen (secondary N) is 1. The highest BCUT2D eigenvalue weighted by Crippen LogP contribution is 2.25. The summed E-state index contributed by atoms with van der Waals surface area (Å²) >= 11 is 0. The first kappa shape index (κ1) is 19.7. The van der Waals surface area contributed by atoms with Crippen molar-refractivity contribution in [2.45, 2.75) is 65.0 Å². The molecule has 0 spiro atoms. The average molecular weight is 379 g/mol. The molecule has 5 nitrogen and oxygen atoms in total. The molecule has 2 aromatic rings. The quantitative estimate of drug-likeness (QED) is 0.814. The highest BCUT2D eigenvalue weighted by atomic mass is 19.3. The zero-order chi connectivity index (χ0) is 19.6. The Hall–Kier alpha value is -2.02. The molecule has 0 aliphatic heterocycles. The maximum absolute atomic E-state index is 13.2. The molecule has 2 aromatic heterocycles. The van der Waals surface area contributed by atoms with Crippen LogP contribution in [-0.2, 0) is 4.74 Å². The first-order valence-corrected chi connectivity index (χ1v) is 9.54. The third-order valence-electron chi connectivity index (χ3n) is 4.92. The molecule has 7 heteroatoms. The Kier molecular flexibility index (Phi) is 6.09. The first-order valence-electron chi connectivity index (χ1n) is 9.54. The summed E-state index contributed by atoms with van der Waals surface area (Å²) in [5.41, 5.74) is 0.920. The van der Waals surface area contributed by atoms with Crippen molar-refractivity contribution in [2.24, 2.45) is 5.92 Å². The minimum Gasteiger partial charge on any atom is -0.378 e. The predicted octanol–water partition coefficient (Wildman–Crippen LogP) is 4.29. The van der Waals surface area contributed by atoms with Crippen LogP contribution in [-0.4, -0.2) is 34.0 Å². The summed E-state index contributed by atoms with van der Waals surface area (Å²) in [6.45, 7) is 6.67. The zero-order valence-electron chi connectivity index (χ0n) is 16.0. The Labute approximate surface area is 158 Å². The number of halogens is 2. The summed E-state index contributed by atoms with van der Waals surface area (Å²) in [6.07, 6.45) is 2.66. The van der Waals surface area contributed by atoms with Gasteiger partial charge in [0.05, 0.1) is 17.4 Å². The average Bonchev–Trinajstić information content (AvgIpc) is 3.04. The lowest BCUT2D eigenvalue weighted by atomic mass is 9.92. The largest absolute Gasteiger partial charge is 0.378 e. The van der Waals surface area contributed by atoms with E-state index in [1.165, 1.54) is 16.7 Å². The Morgan fingerprint density at radius 2 is 2.04 bits per heavy atom. The van der Waals surface area contributed by atoms with Crippen molar-refractivity contribution >= 4 is 11.6 Å². The number of carbonyl (C=O) groups excluding carboxylic acids is 1. The van der Waals surface area contributed by atoms with E-state index in [0.717, 1.165) is 32.3 Å². The monoisotopic (exact) mass is 379 g/mol. The van der Waals surface area contributed by atoms with Crippen molar-refractivity contribution in [3.63, 3.8) is 0 Å². The van der Waals surface area contributed by atoms with Gasteiger partial charge in [-0.3, -0.25) is 9.20 Å². The molecular weight excluding hydrogens is 352 g/mol. The van der Waals surface area contributed by atoms with Crippen LogP contribution in [0.4, 0.5) is 8.78 Å². The van der Waals surface area contributed by atoms with Crippen molar-refractivity contribution in [3.8, 4) is 0 Å². The second-order valence-corrected chi connectivity index (χ2v) is 7.72. The molecule has 1 aliphatic carbocycles. The van der Waals surface area contributed by atoms with Crippen LogP contribution >= 0.6 is 0 Å². The molecule has 3 rings (SSSR count). The third kappa shape index (κ3) is 4.64. The van der Waals surface area contributed by atoms with E-state index in [-0.39, 0.29) is 29.4 Å². The summed E-state index contributed by atoms with van der Waals surface area (Å²) in [6, 6.07) is 2.98. The smallest absolute Gasteiger partial charge is 0.278 e. The molecule has 0 unspecified atom stereocenters. The van der Waals surface area contributed by atoms with Gasteiger partial charge in [0.15, 0.2) is 0 Å². The van der Waals surface area contributed by atoms with Crippen LogP contribution in [0.3, 0.4) is 0 Å². The van der Waals surface area contributed by atoms with Gasteiger partial charge in [0.2, 0.25) is 0 Å². The SMILES string of the molecule is Cc1cc(C(F)F)n2ccc(C(=O)NC3CCC(OCC(C)C)CC3)c2n1. The van der Waals surface area contributed by atoms with Crippen LogP contribution in [0.2, 0.25) is 0 Å². The Morgan fingerprint density at radius 3 is 2.67 bits per heavy atom. The topological polar surface area (TPSA) is 55.6 Å². The molecule has 148 valence electrons. The van der Waals surface area contributed by atoms with Crippen LogP contribution in [0.15, 0.2) is 18.3 Å². The van der Waals surface area contributed by atoms with E-state index in [1.807, 2.05) is 0 Å². The Morgan fingerprint density at radius 1 is 1.33 bits per heavy atom. The first-order chi connectivity index (χ1) is 12.8. The molecule has 0 aromatic carbocycles. The number of rotatable bonds is 6. The highest BCUT2D eigenvalue weighted by Gasteiger charge is 2.25. The Bertz CT molecular complexity index is 796. The molecule has 27 heavy (non-hydrogen) atoms. The minimum absolute atomic E-state index is 0.0747. The van der Waals surface area contributed by atoms with Gasteiger partial charge < -0.3 is 10.1 Å². The summed E-state index contributed by atoms with van der Waals surface area (Å²) in [5, 5.41) is 3.03. The standard InChI is InChI=1S/C20H27F2N3O2/c1-12(2)11-27-15-6-4-14(5-7-15)24-20(26)16-8-9-25-17(18(21)22)10-13(3)23-19(16)25/h8-10,12,14-15,18H,4-7,11H2,1-3H3,(H,24,26). The van der Waals surface area contributed by atoms with Gasteiger partial charge in [-0.15, -0.1) is 0 Å². The maximum Gasteiger partial charge on any atom is 0.278 e. The number of aryl methyl sites for hydroxylation is 1. The fraction of sp³-hybridized carbons (Fsp3) is 0.600. The highest BCUT2D eigenvalue weighted by molar-refractivity contribution is 6.00. The lowest BCUT2D eigenvalue weighted by molar-refractivity contribution is 0.00860. The number of hydrogen-bond donors (Lipinski definition) is 1. The van der Waals surface area contributed by atoms with E-state index in [0.29, 0.717) is 17.2 Å². The fourth-order valence-corrected chi connectivity index (χ4v) is 3.54. The zero-order valence-corrected chi connectivity index (χ0v) is 16.0. The van der Waals surface area contributed by atoms with Crippen LogP contribution < -0.4 is 5.32 Å². The molecular formula is C20H27F2N3O2. The van der Waals surface area contributed by atoms with E-state index < -0.39 is 6.43 Å². The summed E-state index contributed by atoms with van der Waals surface area (Å²) < 4.78 is 33.7. The number of fused-ring (bicyclic) bond motifs is 1. The van der Waals surface area contributed by atoms with Crippen molar-refractivity contribution in [1.29, 1.82) is 0 Å². The van der Waals surface area contributed by atoms with Crippen molar-refractivity contribution in [1.82, 2.24) is 14.7 Å². The van der Waals surface area contributed by atoms with Crippen molar-refractivity contribution in [3.05, 3.63) is 35.3 Å². The second kappa shape index (κ2) is 8.33. The normalized spacial score (nSPS) is 20.6. The molecule has 1 saturated carbocycles. The van der Waals surface area contributed by atoms with E-state index >= 15 is 0 Å². The molecule has 2 heterocycles. The van der Waals surface area contributed by atoms with E-state index in [2.05, 4.69) is 24.1 Å². The molecule has 0 saturated heterocycles. The number of carbonyl (C=O) groups is 1. The number of ether oxygens (including phenoxy) is 1. The number of nitrogens with zero attached hydrogens (tertiary/aromatic N) is 2. The lowest BCUT2D eigenvalue weighted by Crippen LogP contribution is -2.39. The predicted molar refractivity (Wildman–Crippen MR) is 99.2 cm³/mol. The van der Waals surface area contributed by atoms with Gasteiger partial charge in [0, 0.05) is 24.5 Å². The Balaban J connectivity index is 1.66. The molecule has 0 bridgehead atoms. The molecule has 1 amide bonds.